The van der Waals surface area contributed by atoms with E-state index in [0.717, 1.165) is 6.54 Å². The van der Waals surface area contributed by atoms with Gasteiger partial charge in [0.1, 0.15) is 0 Å². The lowest BCUT2D eigenvalue weighted by Crippen LogP contribution is -2.44. The maximum absolute atomic E-state index is 2.50. The number of benzene rings is 1. The molecular formula is C15H22N2. The molecule has 0 aliphatic carbocycles. The SMILES string of the molecule is Cc1ccc(/C=C/CN2CCN(C)CC2)cc1. The smallest absolute Gasteiger partial charge is 0.0167 e. The Labute approximate surface area is 105 Å². The largest absolute Gasteiger partial charge is 0.304 e. The summed E-state index contributed by atoms with van der Waals surface area (Å²) in [6.07, 6.45) is 4.49. The molecule has 1 aromatic carbocycles. The molecule has 1 fully saturated rings. The van der Waals surface area contributed by atoms with E-state index in [0.29, 0.717) is 0 Å². The van der Waals surface area contributed by atoms with Gasteiger partial charge in [-0.2, -0.15) is 0 Å². The van der Waals surface area contributed by atoms with Gasteiger partial charge in [0.2, 0.25) is 0 Å². The molecule has 1 saturated heterocycles. The summed E-state index contributed by atoms with van der Waals surface area (Å²) in [6.45, 7) is 7.96. The molecule has 0 spiro atoms. The molecule has 0 saturated carbocycles. The monoisotopic (exact) mass is 230 g/mol. The lowest BCUT2D eigenvalue weighted by Gasteiger charge is -2.31. The van der Waals surface area contributed by atoms with Crippen LogP contribution >= 0.6 is 0 Å². The third-order valence-electron chi connectivity index (χ3n) is 3.35. The Morgan fingerprint density at radius 3 is 2.35 bits per heavy atom. The molecule has 1 aliphatic rings. The Morgan fingerprint density at radius 1 is 1.06 bits per heavy atom. The summed E-state index contributed by atoms with van der Waals surface area (Å²) in [6, 6.07) is 8.68. The van der Waals surface area contributed by atoms with Crippen molar-refractivity contribution in [2.24, 2.45) is 0 Å². The number of aryl methyl sites for hydroxylation is 1. The molecule has 0 aromatic heterocycles. The van der Waals surface area contributed by atoms with E-state index < -0.39 is 0 Å². The minimum atomic E-state index is 1.07. The molecule has 17 heavy (non-hydrogen) atoms. The van der Waals surface area contributed by atoms with E-state index in [9.17, 15) is 0 Å². The summed E-state index contributed by atoms with van der Waals surface area (Å²) in [5.74, 6) is 0. The second-order valence-electron chi connectivity index (χ2n) is 4.92. The number of hydrogen-bond donors (Lipinski definition) is 0. The molecule has 0 bridgehead atoms. The molecule has 2 heteroatoms. The van der Waals surface area contributed by atoms with Gasteiger partial charge in [-0.15, -0.1) is 0 Å². The first kappa shape index (κ1) is 12.3. The van der Waals surface area contributed by atoms with E-state index in [4.69, 9.17) is 0 Å². The van der Waals surface area contributed by atoms with Gasteiger partial charge in [0.25, 0.3) is 0 Å². The van der Waals surface area contributed by atoms with Crippen molar-refractivity contribution in [3.8, 4) is 0 Å². The fourth-order valence-corrected chi connectivity index (χ4v) is 2.05. The maximum Gasteiger partial charge on any atom is 0.0167 e. The van der Waals surface area contributed by atoms with Crippen LogP contribution in [0.5, 0.6) is 0 Å². The number of rotatable bonds is 3. The molecule has 0 atom stereocenters. The van der Waals surface area contributed by atoms with E-state index in [1.54, 1.807) is 0 Å². The molecule has 2 rings (SSSR count). The number of likely N-dealkylation sites (N-methyl/N-ethyl adjacent to an activating group) is 1. The number of nitrogens with zero attached hydrogens (tertiary/aromatic N) is 2. The molecular weight excluding hydrogens is 208 g/mol. The van der Waals surface area contributed by atoms with Gasteiger partial charge in [-0.1, -0.05) is 42.0 Å². The zero-order chi connectivity index (χ0) is 12.1. The highest BCUT2D eigenvalue weighted by molar-refractivity contribution is 5.49. The van der Waals surface area contributed by atoms with E-state index >= 15 is 0 Å². The first-order chi connectivity index (χ1) is 8.24. The Bertz CT molecular complexity index is 359. The first-order valence-electron chi connectivity index (χ1n) is 6.38. The lowest BCUT2D eigenvalue weighted by molar-refractivity contribution is 0.167. The third kappa shape index (κ3) is 3.99. The minimum Gasteiger partial charge on any atom is -0.304 e. The fraction of sp³-hybridized carbons (Fsp3) is 0.467. The topological polar surface area (TPSA) is 6.48 Å². The maximum atomic E-state index is 2.50. The van der Waals surface area contributed by atoms with Crippen LogP contribution in [0.25, 0.3) is 6.08 Å². The Balaban J connectivity index is 1.79. The van der Waals surface area contributed by atoms with Gasteiger partial charge < -0.3 is 4.90 Å². The summed E-state index contributed by atoms with van der Waals surface area (Å²) in [5.41, 5.74) is 2.62. The van der Waals surface area contributed by atoms with Crippen LogP contribution in [-0.2, 0) is 0 Å². The van der Waals surface area contributed by atoms with Crippen LogP contribution in [0.1, 0.15) is 11.1 Å². The van der Waals surface area contributed by atoms with Crippen molar-refractivity contribution in [2.45, 2.75) is 6.92 Å². The molecule has 1 aromatic rings. The van der Waals surface area contributed by atoms with Crippen molar-refractivity contribution in [2.75, 3.05) is 39.8 Å². The number of hydrogen-bond acceptors (Lipinski definition) is 2. The minimum absolute atomic E-state index is 1.07. The van der Waals surface area contributed by atoms with E-state index in [1.165, 1.54) is 37.3 Å². The van der Waals surface area contributed by atoms with Crippen molar-refractivity contribution in [3.63, 3.8) is 0 Å². The fourth-order valence-electron chi connectivity index (χ4n) is 2.05. The van der Waals surface area contributed by atoms with Crippen LogP contribution in [-0.4, -0.2) is 49.6 Å². The number of piperazine rings is 1. The van der Waals surface area contributed by atoms with Crippen molar-refractivity contribution >= 4 is 6.08 Å². The van der Waals surface area contributed by atoms with Crippen LogP contribution in [0.2, 0.25) is 0 Å². The molecule has 0 N–H and O–H groups in total. The first-order valence-corrected chi connectivity index (χ1v) is 6.38. The van der Waals surface area contributed by atoms with E-state index in [1.807, 2.05) is 0 Å². The highest BCUT2D eigenvalue weighted by Crippen LogP contribution is 2.05. The molecule has 0 amide bonds. The van der Waals surface area contributed by atoms with Crippen molar-refractivity contribution < 1.29 is 0 Å². The van der Waals surface area contributed by atoms with E-state index in [2.05, 4.69) is 60.2 Å². The molecule has 1 heterocycles. The average Bonchev–Trinajstić information content (AvgIpc) is 2.34. The van der Waals surface area contributed by atoms with Crippen molar-refractivity contribution in [1.82, 2.24) is 9.80 Å². The van der Waals surface area contributed by atoms with Gasteiger partial charge in [-0.25, -0.2) is 0 Å². The highest BCUT2D eigenvalue weighted by atomic mass is 15.2. The van der Waals surface area contributed by atoms with Gasteiger partial charge in [0, 0.05) is 32.7 Å². The summed E-state index contributed by atoms with van der Waals surface area (Å²) in [7, 11) is 2.19. The van der Waals surface area contributed by atoms with E-state index in [-0.39, 0.29) is 0 Å². The van der Waals surface area contributed by atoms with Crippen LogP contribution in [0.15, 0.2) is 30.3 Å². The molecule has 1 aliphatic heterocycles. The van der Waals surface area contributed by atoms with Gasteiger partial charge in [-0.05, 0) is 19.5 Å². The zero-order valence-electron chi connectivity index (χ0n) is 10.9. The predicted octanol–water partition coefficient (Wildman–Crippen LogP) is 2.26. The molecule has 2 nitrogen and oxygen atoms in total. The van der Waals surface area contributed by atoms with Gasteiger partial charge in [0.15, 0.2) is 0 Å². The third-order valence-corrected chi connectivity index (χ3v) is 3.35. The summed E-state index contributed by atoms with van der Waals surface area (Å²) >= 11 is 0. The molecule has 0 radical (unpaired) electrons. The van der Waals surface area contributed by atoms with Gasteiger partial charge in [-0.3, -0.25) is 4.90 Å². The Kier molecular flexibility index (Phi) is 4.35. The van der Waals surface area contributed by atoms with Crippen LogP contribution in [0.3, 0.4) is 0 Å². The highest BCUT2D eigenvalue weighted by Gasteiger charge is 2.11. The average molecular weight is 230 g/mol. The second-order valence-corrected chi connectivity index (χ2v) is 4.92. The lowest BCUT2D eigenvalue weighted by atomic mass is 10.1. The van der Waals surface area contributed by atoms with Crippen LogP contribution < -0.4 is 0 Å². The summed E-state index contributed by atoms with van der Waals surface area (Å²) in [4.78, 5) is 4.89. The molecule has 92 valence electrons. The van der Waals surface area contributed by atoms with Crippen molar-refractivity contribution in [1.29, 1.82) is 0 Å². The molecule has 0 unspecified atom stereocenters. The van der Waals surface area contributed by atoms with Gasteiger partial charge in [0.05, 0.1) is 0 Å². The Hall–Kier alpha value is -1.12. The standard InChI is InChI=1S/C15H22N2/c1-14-5-7-15(8-6-14)4-3-9-17-12-10-16(2)11-13-17/h3-8H,9-13H2,1-2H3/b4-3+. The normalized spacial score (nSPS) is 18.9. The Morgan fingerprint density at radius 2 is 1.71 bits per heavy atom. The van der Waals surface area contributed by atoms with Gasteiger partial charge >= 0.3 is 0 Å². The quantitative estimate of drug-likeness (QED) is 0.786. The second kappa shape index (κ2) is 5.99. The van der Waals surface area contributed by atoms with Crippen LogP contribution in [0, 0.1) is 6.92 Å². The summed E-state index contributed by atoms with van der Waals surface area (Å²) < 4.78 is 0. The summed E-state index contributed by atoms with van der Waals surface area (Å²) in [5, 5.41) is 0. The van der Waals surface area contributed by atoms with Crippen LogP contribution in [0.4, 0.5) is 0 Å². The van der Waals surface area contributed by atoms with Crippen molar-refractivity contribution in [3.05, 3.63) is 41.5 Å². The zero-order valence-corrected chi connectivity index (χ0v) is 10.9. The predicted molar refractivity (Wildman–Crippen MR) is 74.2 cm³/mol.